The second-order valence-corrected chi connectivity index (χ2v) is 5.48. The molecule has 21 heavy (non-hydrogen) atoms. The molecule has 116 valence electrons. The van der Waals surface area contributed by atoms with Crippen molar-refractivity contribution in [3.63, 3.8) is 0 Å². The summed E-state index contributed by atoms with van der Waals surface area (Å²) in [5.41, 5.74) is -1.19. The van der Waals surface area contributed by atoms with Crippen molar-refractivity contribution in [3.8, 4) is 0 Å². The van der Waals surface area contributed by atoms with E-state index in [0.29, 0.717) is 12.8 Å². The number of likely N-dealkylation sites (tertiary alicyclic amines) is 1. The van der Waals surface area contributed by atoms with Crippen LogP contribution < -0.4 is 0 Å². The van der Waals surface area contributed by atoms with Crippen LogP contribution in [0.2, 0.25) is 0 Å². The molecule has 0 amide bonds. The second kappa shape index (κ2) is 6.18. The number of benzene rings is 1. The molecule has 0 radical (unpaired) electrons. The number of Topliss-reactive ketones (excluding diaryl/α,β-unsaturated/α-hetero) is 1. The maximum atomic E-state index is 13.9. The fourth-order valence-corrected chi connectivity index (χ4v) is 3.26. The molecule has 0 aromatic heterocycles. The van der Waals surface area contributed by atoms with E-state index in [9.17, 15) is 18.0 Å². The first-order valence-corrected chi connectivity index (χ1v) is 7.41. The SMILES string of the molecule is CCC(CC)(C(=O)c1ccc(F)c(F)c1F)N1CCCC1. The fourth-order valence-electron chi connectivity index (χ4n) is 3.26. The first kappa shape index (κ1) is 16.0. The Hall–Kier alpha value is -1.36. The van der Waals surface area contributed by atoms with Gasteiger partial charge in [0.1, 0.15) is 0 Å². The third-order valence-electron chi connectivity index (χ3n) is 4.58. The van der Waals surface area contributed by atoms with E-state index in [4.69, 9.17) is 0 Å². The van der Waals surface area contributed by atoms with E-state index in [0.717, 1.165) is 38.1 Å². The van der Waals surface area contributed by atoms with Crippen LogP contribution in [0.25, 0.3) is 0 Å². The zero-order valence-electron chi connectivity index (χ0n) is 12.4. The van der Waals surface area contributed by atoms with Crippen molar-refractivity contribution in [1.82, 2.24) is 4.90 Å². The standard InChI is InChI=1S/C16H20F3NO/c1-3-16(4-2,20-9-5-6-10-20)15(21)11-7-8-12(17)14(19)13(11)18/h7-8H,3-6,9-10H2,1-2H3. The van der Waals surface area contributed by atoms with Crippen LogP contribution in [0.15, 0.2) is 12.1 Å². The van der Waals surface area contributed by atoms with Crippen LogP contribution in [-0.4, -0.2) is 29.3 Å². The van der Waals surface area contributed by atoms with Crippen LogP contribution in [-0.2, 0) is 0 Å². The molecule has 0 bridgehead atoms. The Balaban J connectivity index is 2.46. The monoisotopic (exact) mass is 299 g/mol. The molecule has 2 rings (SSSR count). The summed E-state index contributed by atoms with van der Waals surface area (Å²) in [4.78, 5) is 14.9. The smallest absolute Gasteiger partial charge is 0.195 e. The Kier molecular flexibility index (Phi) is 4.71. The molecule has 1 saturated heterocycles. The maximum Gasteiger partial charge on any atom is 0.195 e. The van der Waals surface area contributed by atoms with Crippen molar-refractivity contribution in [1.29, 1.82) is 0 Å². The maximum absolute atomic E-state index is 13.9. The Morgan fingerprint density at radius 3 is 2.19 bits per heavy atom. The molecule has 1 aromatic rings. The minimum atomic E-state index is -1.58. The van der Waals surface area contributed by atoms with Gasteiger partial charge in [-0.15, -0.1) is 0 Å². The number of ketones is 1. The molecular weight excluding hydrogens is 279 g/mol. The minimum absolute atomic E-state index is 0.357. The molecule has 0 unspecified atom stereocenters. The van der Waals surface area contributed by atoms with Gasteiger partial charge in [-0.05, 0) is 50.9 Å². The van der Waals surface area contributed by atoms with Crippen LogP contribution in [0.5, 0.6) is 0 Å². The van der Waals surface area contributed by atoms with Gasteiger partial charge in [0.2, 0.25) is 0 Å². The Bertz CT molecular complexity index is 535. The average molecular weight is 299 g/mol. The van der Waals surface area contributed by atoms with Crippen molar-refractivity contribution in [2.24, 2.45) is 0 Å². The number of carbonyl (C=O) groups excluding carboxylic acids is 1. The van der Waals surface area contributed by atoms with Crippen molar-refractivity contribution >= 4 is 5.78 Å². The molecule has 0 atom stereocenters. The summed E-state index contributed by atoms with van der Waals surface area (Å²) in [6, 6.07) is 1.86. The van der Waals surface area contributed by atoms with Gasteiger partial charge < -0.3 is 0 Å². The van der Waals surface area contributed by atoms with Gasteiger partial charge in [-0.25, -0.2) is 13.2 Å². The van der Waals surface area contributed by atoms with E-state index in [2.05, 4.69) is 4.90 Å². The van der Waals surface area contributed by atoms with Crippen molar-refractivity contribution in [2.75, 3.05) is 13.1 Å². The van der Waals surface area contributed by atoms with Crippen LogP contribution in [0.4, 0.5) is 13.2 Å². The van der Waals surface area contributed by atoms with E-state index >= 15 is 0 Å². The molecule has 1 fully saturated rings. The number of hydrogen-bond acceptors (Lipinski definition) is 2. The normalized spacial score (nSPS) is 16.4. The van der Waals surface area contributed by atoms with E-state index < -0.39 is 28.8 Å². The van der Waals surface area contributed by atoms with Crippen LogP contribution >= 0.6 is 0 Å². The third kappa shape index (κ3) is 2.59. The highest BCUT2D eigenvalue weighted by Crippen LogP contribution is 2.33. The van der Waals surface area contributed by atoms with Gasteiger partial charge in [0.25, 0.3) is 0 Å². The summed E-state index contributed by atoms with van der Waals surface area (Å²) in [6.45, 7) is 5.30. The molecule has 1 aromatic carbocycles. The summed E-state index contributed by atoms with van der Waals surface area (Å²) in [5, 5.41) is 0. The predicted octanol–water partition coefficient (Wildman–Crippen LogP) is 3.94. The molecule has 2 nitrogen and oxygen atoms in total. The summed E-state index contributed by atoms with van der Waals surface area (Å²) >= 11 is 0. The average Bonchev–Trinajstić information content (AvgIpc) is 3.01. The Labute approximate surface area is 122 Å². The molecule has 5 heteroatoms. The first-order valence-electron chi connectivity index (χ1n) is 7.41. The zero-order valence-corrected chi connectivity index (χ0v) is 12.4. The summed E-state index contributed by atoms with van der Waals surface area (Å²) < 4.78 is 40.4. The highest BCUT2D eigenvalue weighted by molar-refractivity contribution is 6.03. The first-order chi connectivity index (χ1) is 9.97. The lowest BCUT2D eigenvalue weighted by Crippen LogP contribution is -2.53. The second-order valence-electron chi connectivity index (χ2n) is 5.48. The van der Waals surface area contributed by atoms with Crippen molar-refractivity contribution in [2.45, 2.75) is 45.1 Å². The van der Waals surface area contributed by atoms with Gasteiger partial charge in [0.05, 0.1) is 11.1 Å². The Morgan fingerprint density at radius 1 is 1.10 bits per heavy atom. The number of nitrogens with zero attached hydrogens (tertiary/aromatic N) is 1. The number of hydrogen-bond donors (Lipinski definition) is 0. The lowest BCUT2D eigenvalue weighted by Gasteiger charge is -2.39. The van der Waals surface area contributed by atoms with Gasteiger partial charge in [0.15, 0.2) is 23.2 Å². The molecule has 1 heterocycles. The van der Waals surface area contributed by atoms with Crippen LogP contribution in [0, 0.1) is 17.5 Å². The highest BCUT2D eigenvalue weighted by Gasteiger charge is 2.43. The van der Waals surface area contributed by atoms with E-state index in [1.807, 2.05) is 13.8 Å². The molecular formula is C16H20F3NO. The third-order valence-corrected chi connectivity index (χ3v) is 4.58. The van der Waals surface area contributed by atoms with Gasteiger partial charge in [0, 0.05) is 0 Å². The summed E-state index contributed by atoms with van der Waals surface area (Å²) in [7, 11) is 0. The topological polar surface area (TPSA) is 20.3 Å². The zero-order chi connectivity index (χ0) is 15.6. The summed E-state index contributed by atoms with van der Waals surface area (Å²) in [5.74, 6) is -4.69. The van der Waals surface area contributed by atoms with Gasteiger partial charge in [-0.3, -0.25) is 9.69 Å². The van der Waals surface area contributed by atoms with Crippen LogP contribution in [0.1, 0.15) is 49.9 Å². The van der Waals surface area contributed by atoms with E-state index in [1.54, 1.807) is 0 Å². The van der Waals surface area contributed by atoms with E-state index in [-0.39, 0.29) is 5.56 Å². The lowest BCUT2D eigenvalue weighted by molar-refractivity contribution is 0.0576. The van der Waals surface area contributed by atoms with Crippen molar-refractivity contribution in [3.05, 3.63) is 35.1 Å². The largest absolute Gasteiger partial charge is 0.292 e. The lowest BCUT2D eigenvalue weighted by atomic mass is 9.82. The quantitative estimate of drug-likeness (QED) is 0.606. The molecule has 1 aliphatic heterocycles. The van der Waals surface area contributed by atoms with Gasteiger partial charge in [-0.2, -0.15) is 0 Å². The molecule has 0 saturated carbocycles. The number of halogens is 3. The van der Waals surface area contributed by atoms with Crippen molar-refractivity contribution < 1.29 is 18.0 Å². The number of rotatable bonds is 5. The van der Waals surface area contributed by atoms with E-state index in [1.165, 1.54) is 0 Å². The number of carbonyl (C=O) groups is 1. The van der Waals surface area contributed by atoms with Crippen LogP contribution in [0.3, 0.4) is 0 Å². The fraction of sp³-hybridized carbons (Fsp3) is 0.562. The predicted molar refractivity (Wildman–Crippen MR) is 74.8 cm³/mol. The van der Waals surface area contributed by atoms with Gasteiger partial charge >= 0.3 is 0 Å². The molecule has 0 aliphatic carbocycles. The summed E-state index contributed by atoms with van der Waals surface area (Å²) in [6.07, 6.45) is 3.02. The molecule has 1 aliphatic rings. The minimum Gasteiger partial charge on any atom is -0.292 e. The highest BCUT2D eigenvalue weighted by atomic mass is 19.2. The Morgan fingerprint density at radius 2 is 1.67 bits per heavy atom. The molecule has 0 N–H and O–H groups in total. The van der Waals surface area contributed by atoms with Gasteiger partial charge in [-0.1, -0.05) is 13.8 Å². The molecule has 0 spiro atoms.